The van der Waals surface area contributed by atoms with Crippen LogP contribution in [0, 0.1) is 5.92 Å². The zero-order valence-corrected chi connectivity index (χ0v) is 10.6. The number of rotatable bonds is 6. The minimum Gasteiger partial charge on any atom is -0.489 e. The molecule has 6 heteroatoms. The molecule has 1 aliphatic rings. The Hall–Kier alpha value is -2.11. The number of oxazole rings is 1. The van der Waals surface area contributed by atoms with E-state index in [1.807, 2.05) is 0 Å². The Balaban J connectivity index is 1.84. The molecule has 20 heavy (non-hydrogen) atoms. The summed E-state index contributed by atoms with van der Waals surface area (Å²) in [6, 6.07) is 4.74. The second kappa shape index (κ2) is 5.48. The maximum absolute atomic E-state index is 12.5. The highest BCUT2D eigenvalue weighted by atomic mass is 19.3. The average Bonchev–Trinajstić information content (AvgIpc) is 3.08. The van der Waals surface area contributed by atoms with Crippen molar-refractivity contribution in [1.82, 2.24) is 4.98 Å². The summed E-state index contributed by atoms with van der Waals surface area (Å²) in [4.78, 5) is 3.97. The van der Waals surface area contributed by atoms with E-state index in [4.69, 9.17) is 9.15 Å². The number of nitrogens with zero attached hydrogens (tertiary/aromatic N) is 1. The molecule has 1 saturated carbocycles. The summed E-state index contributed by atoms with van der Waals surface area (Å²) in [5, 5.41) is 0. The van der Waals surface area contributed by atoms with Crippen molar-refractivity contribution in [2.75, 3.05) is 6.61 Å². The van der Waals surface area contributed by atoms with Crippen molar-refractivity contribution in [1.29, 1.82) is 0 Å². The summed E-state index contributed by atoms with van der Waals surface area (Å²) in [5.74, 6) is 1.18. The zero-order chi connectivity index (χ0) is 13.9. The molecule has 0 unspecified atom stereocenters. The Morgan fingerprint density at radius 1 is 1.30 bits per heavy atom. The van der Waals surface area contributed by atoms with Gasteiger partial charge in [-0.25, -0.2) is 4.98 Å². The van der Waals surface area contributed by atoms with E-state index in [2.05, 4.69) is 9.72 Å². The van der Waals surface area contributed by atoms with E-state index >= 15 is 0 Å². The molecule has 0 amide bonds. The van der Waals surface area contributed by atoms with Crippen molar-refractivity contribution in [3.8, 4) is 23.0 Å². The molecule has 0 saturated heterocycles. The van der Waals surface area contributed by atoms with Gasteiger partial charge in [0, 0.05) is 5.56 Å². The molecule has 1 aromatic heterocycles. The Bertz CT molecular complexity index is 568. The van der Waals surface area contributed by atoms with Gasteiger partial charge in [0.2, 0.25) is 5.89 Å². The van der Waals surface area contributed by atoms with Crippen molar-refractivity contribution in [3.05, 3.63) is 30.7 Å². The number of hydrogen-bond donors (Lipinski definition) is 0. The number of aromatic nitrogens is 1. The van der Waals surface area contributed by atoms with Crippen LogP contribution in [-0.2, 0) is 0 Å². The van der Waals surface area contributed by atoms with Gasteiger partial charge in [0.1, 0.15) is 6.26 Å². The minimum absolute atomic E-state index is 0.00338. The highest BCUT2D eigenvalue weighted by Crippen LogP contribution is 2.35. The number of halogens is 2. The molecule has 0 N–H and O–H groups in total. The van der Waals surface area contributed by atoms with Gasteiger partial charge in [-0.05, 0) is 37.0 Å². The highest BCUT2D eigenvalue weighted by Gasteiger charge is 2.23. The van der Waals surface area contributed by atoms with Crippen LogP contribution in [0.3, 0.4) is 0 Å². The topological polar surface area (TPSA) is 44.5 Å². The van der Waals surface area contributed by atoms with E-state index in [-0.39, 0.29) is 5.75 Å². The SMILES string of the molecule is FC(F)Oc1cc(-c2ncco2)ccc1OCC1CC1. The molecule has 2 aromatic rings. The largest absolute Gasteiger partial charge is 0.489 e. The normalized spacial score (nSPS) is 14.6. The summed E-state index contributed by atoms with van der Waals surface area (Å²) in [6.45, 7) is -2.38. The monoisotopic (exact) mass is 281 g/mol. The lowest BCUT2D eigenvalue weighted by molar-refractivity contribution is -0.0515. The summed E-state index contributed by atoms with van der Waals surface area (Å²) >= 11 is 0. The predicted octanol–water partition coefficient (Wildman–Crippen LogP) is 3.73. The van der Waals surface area contributed by atoms with E-state index < -0.39 is 6.61 Å². The standard InChI is InChI=1S/C14H13F2NO3/c15-14(16)20-12-7-10(13-17-5-6-18-13)3-4-11(12)19-8-9-1-2-9/h3-7,9,14H,1-2,8H2. The molecule has 0 bridgehead atoms. The van der Waals surface area contributed by atoms with Crippen LogP contribution in [0.2, 0.25) is 0 Å². The average molecular weight is 281 g/mol. The predicted molar refractivity (Wildman–Crippen MR) is 66.8 cm³/mol. The van der Waals surface area contributed by atoms with Gasteiger partial charge in [0.15, 0.2) is 11.5 Å². The second-order valence-corrected chi connectivity index (χ2v) is 4.63. The van der Waals surface area contributed by atoms with Gasteiger partial charge >= 0.3 is 6.61 Å². The molecule has 3 rings (SSSR count). The smallest absolute Gasteiger partial charge is 0.387 e. The summed E-state index contributed by atoms with van der Waals surface area (Å²) < 4.78 is 40.1. The van der Waals surface area contributed by atoms with Gasteiger partial charge in [-0.1, -0.05) is 0 Å². The molecule has 1 heterocycles. The lowest BCUT2D eigenvalue weighted by atomic mass is 10.2. The van der Waals surface area contributed by atoms with Crippen LogP contribution in [0.5, 0.6) is 11.5 Å². The van der Waals surface area contributed by atoms with Crippen LogP contribution in [0.4, 0.5) is 8.78 Å². The minimum atomic E-state index is -2.90. The van der Waals surface area contributed by atoms with Crippen LogP contribution < -0.4 is 9.47 Å². The van der Waals surface area contributed by atoms with Gasteiger partial charge in [-0.3, -0.25) is 0 Å². The fraction of sp³-hybridized carbons (Fsp3) is 0.357. The van der Waals surface area contributed by atoms with Crippen molar-refractivity contribution in [3.63, 3.8) is 0 Å². The van der Waals surface area contributed by atoms with Crippen LogP contribution >= 0.6 is 0 Å². The van der Waals surface area contributed by atoms with E-state index in [1.54, 1.807) is 12.1 Å². The Kier molecular flexibility index (Phi) is 3.54. The highest BCUT2D eigenvalue weighted by molar-refractivity contribution is 5.59. The summed E-state index contributed by atoms with van der Waals surface area (Å²) in [6.07, 6.45) is 5.15. The molecule has 0 spiro atoms. The maximum atomic E-state index is 12.5. The maximum Gasteiger partial charge on any atom is 0.387 e. The van der Waals surface area contributed by atoms with E-state index in [0.717, 1.165) is 12.8 Å². The Morgan fingerprint density at radius 2 is 2.15 bits per heavy atom. The van der Waals surface area contributed by atoms with Gasteiger partial charge in [-0.2, -0.15) is 8.78 Å². The first-order valence-electron chi connectivity index (χ1n) is 6.34. The summed E-state index contributed by atoms with van der Waals surface area (Å²) in [5.41, 5.74) is 0.560. The van der Waals surface area contributed by atoms with Crippen LogP contribution in [0.1, 0.15) is 12.8 Å². The number of alkyl halides is 2. The summed E-state index contributed by atoms with van der Waals surface area (Å²) in [7, 11) is 0. The molecule has 1 aromatic carbocycles. The van der Waals surface area contributed by atoms with E-state index in [9.17, 15) is 8.78 Å². The third-order valence-electron chi connectivity index (χ3n) is 3.01. The first-order chi connectivity index (χ1) is 9.72. The number of benzene rings is 1. The molecule has 1 fully saturated rings. The third-order valence-corrected chi connectivity index (χ3v) is 3.01. The van der Waals surface area contributed by atoms with Crippen LogP contribution in [-0.4, -0.2) is 18.2 Å². The fourth-order valence-corrected chi connectivity index (χ4v) is 1.81. The quantitative estimate of drug-likeness (QED) is 0.809. The molecule has 0 aliphatic heterocycles. The van der Waals surface area contributed by atoms with Gasteiger partial charge < -0.3 is 13.9 Å². The van der Waals surface area contributed by atoms with Crippen LogP contribution in [0.25, 0.3) is 11.5 Å². The molecule has 0 radical (unpaired) electrons. The Labute approximate surface area is 114 Å². The number of ether oxygens (including phenoxy) is 2. The van der Waals surface area contributed by atoms with E-state index in [1.165, 1.54) is 18.5 Å². The van der Waals surface area contributed by atoms with Crippen molar-refractivity contribution in [2.24, 2.45) is 5.92 Å². The van der Waals surface area contributed by atoms with Crippen molar-refractivity contribution >= 4 is 0 Å². The molecular weight excluding hydrogens is 268 g/mol. The zero-order valence-electron chi connectivity index (χ0n) is 10.6. The van der Waals surface area contributed by atoms with Crippen molar-refractivity contribution < 1.29 is 22.7 Å². The third kappa shape index (κ3) is 3.07. The molecular formula is C14H13F2NO3. The second-order valence-electron chi connectivity index (χ2n) is 4.63. The number of hydrogen-bond acceptors (Lipinski definition) is 4. The lowest BCUT2D eigenvalue weighted by Gasteiger charge is -2.12. The lowest BCUT2D eigenvalue weighted by Crippen LogP contribution is -2.06. The Morgan fingerprint density at radius 3 is 2.80 bits per heavy atom. The van der Waals surface area contributed by atoms with E-state index in [0.29, 0.717) is 29.7 Å². The van der Waals surface area contributed by atoms with Gasteiger partial charge in [-0.15, -0.1) is 0 Å². The van der Waals surface area contributed by atoms with Gasteiger partial charge in [0.25, 0.3) is 0 Å². The van der Waals surface area contributed by atoms with Crippen LogP contribution in [0.15, 0.2) is 35.1 Å². The first-order valence-corrected chi connectivity index (χ1v) is 6.34. The molecule has 1 aliphatic carbocycles. The van der Waals surface area contributed by atoms with Gasteiger partial charge in [0.05, 0.1) is 12.8 Å². The molecule has 0 atom stereocenters. The molecule has 106 valence electrons. The first kappa shape index (κ1) is 12.9. The fourth-order valence-electron chi connectivity index (χ4n) is 1.81. The van der Waals surface area contributed by atoms with Crippen molar-refractivity contribution in [2.45, 2.75) is 19.5 Å². The molecule has 4 nitrogen and oxygen atoms in total.